The van der Waals surface area contributed by atoms with Crippen LogP contribution in [-0.2, 0) is 20.7 Å². The second-order valence-electron chi connectivity index (χ2n) is 6.35. The first-order chi connectivity index (χ1) is 12.7. The van der Waals surface area contributed by atoms with Crippen LogP contribution in [0.25, 0.3) is 0 Å². The monoisotopic (exact) mass is 353 g/mol. The molecule has 4 rings (SSSR count). The van der Waals surface area contributed by atoms with Crippen molar-refractivity contribution in [1.29, 1.82) is 0 Å². The molecule has 1 atom stereocenters. The van der Waals surface area contributed by atoms with E-state index in [2.05, 4.69) is 15.6 Å². The third-order valence-corrected chi connectivity index (χ3v) is 4.43. The zero-order valence-electron chi connectivity index (χ0n) is 14.2. The van der Waals surface area contributed by atoms with Crippen molar-refractivity contribution in [3.63, 3.8) is 0 Å². The molecule has 7 heteroatoms. The van der Waals surface area contributed by atoms with Crippen LogP contribution in [0.4, 0.5) is 11.4 Å². The molecule has 1 unspecified atom stereocenters. The Morgan fingerprint density at radius 3 is 2.96 bits per heavy atom. The van der Waals surface area contributed by atoms with Gasteiger partial charge in [0.2, 0.25) is 11.8 Å². The summed E-state index contributed by atoms with van der Waals surface area (Å²) in [4.78, 5) is 27.7. The molecule has 1 aromatic carbocycles. The first-order valence-electron chi connectivity index (χ1n) is 8.66. The average molecular weight is 353 g/mol. The smallest absolute Gasteiger partial charge is 0.253 e. The predicted octanol–water partition coefficient (Wildman–Crippen LogP) is 2.88. The van der Waals surface area contributed by atoms with E-state index in [9.17, 15) is 9.59 Å². The summed E-state index contributed by atoms with van der Waals surface area (Å²) in [6.07, 6.45) is 4.06. The van der Waals surface area contributed by atoms with Gasteiger partial charge in [-0.3, -0.25) is 9.59 Å². The fourth-order valence-corrected chi connectivity index (χ4v) is 3.06. The molecule has 2 aliphatic rings. The highest BCUT2D eigenvalue weighted by molar-refractivity contribution is 5.94. The van der Waals surface area contributed by atoms with Gasteiger partial charge in [0, 0.05) is 30.8 Å². The number of ether oxygens (including phenoxy) is 2. The number of pyridine rings is 1. The first-order valence-corrected chi connectivity index (χ1v) is 8.66. The Morgan fingerprint density at radius 1 is 1.27 bits per heavy atom. The Kier molecular flexibility index (Phi) is 4.53. The summed E-state index contributed by atoms with van der Waals surface area (Å²) in [6, 6.07) is 9.01. The summed E-state index contributed by atoms with van der Waals surface area (Å²) in [6.45, 7) is 0.629. The van der Waals surface area contributed by atoms with E-state index in [0.717, 1.165) is 30.5 Å². The standard InChI is InChI=1S/C19H19N3O4/c23-17-7-4-12-3-6-14(10-15(12)22-17)26-18-8-5-13(11-20-18)21-19(24)16-2-1-9-25-16/h3,5-6,8,10-11,16H,1-2,4,7,9H2,(H,21,24)(H,22,23). The van der Waals surface area contributed by atoms with Crippen LogP contribution in [0.15, 0.2) is 36.5 Å². The highest BCUT2D eigenvalue weighted by Crippen LogP contribution is 2.29. The van der Waals surface area contributed by atoms with Gasteiger partial charge < -0.3 is 20.1 Å². The molecular formula is C19H19N3O4. The van der Waals surface area contributed by atoms with Crippen molar-refractivity contribution in [3.05, 3.63) is 42.1 Å². The second kappa shape index (κ2) is 7.13. The molecule has 3 heterocycles. The van der Waals surface area contributed by atoms with E-state index in [1.165, 1.54) is 0 Å². The van der Waals surface area contributed by atoms with Crippen molar-refractivity contribution in [2.75, 3.05) is 17.2 Å². The normalized spacial score (nSPS) is 18.8. The van der Waals surface area contributed by atoms with Crippen molar-refractivity contribution in [2.24, 2.45) is 0 Å². The predicted molar refractivity (Wildman–Crippen MR) is 95.3 cm³/mol. The molecular weight excluding hydrogens is 334 g/mol. The molecule has 2 aliphatic heterocycles. The minimum absolute atomic E-state index is 0.0131. The van der Waals surface area contributed by atoms with E-state index in [1.54, 1.807) is 24.4 Å². The van der Waals surface area contributed by atoms with Gasteiger partial charge in [0.05, 0.1) is 11.9 Å². The molecule has 1 aromatic heterocycles. The Labute approximate surface area is 150 Å². The van der Waals surface area contributed by atoms with E-state index in [0.29, 0.717) is 30.3 Å². The lowest BCUT2D eigenvalue weighted by atomic mass is 10.0. The Bertz CT molecular complexity index is 829. The van der Waals surface area contributed by atoms with Crippen molar-refractivity contribution in [1.82, 2.24) is 4.98 Å². The summed E-state index contributed by atoms with van der Waals surface area (Å²) < 4.78 is 11.1. The lowest BCUT2D eigenvalue weighted by Crippen LogP contribution is -2.26. The quantitative estimate of drug-likeness (QED) is 0.882. The van der Waals surface area contributed by atoms with Gasteiger partial charge >= 0.3 is 0 Å². The van der Waals surface area contributed by atoms with Crippen molar-refractivity contribution >= 4 is 23.2 Å². The Morgan fingerprint density at radius 2 is 2.19 bits per heavy atom. The van der Waals surface area contributed by atoms with Crippen molar-refractivity contribution in [2.45, 2.75) is 31.8 Å². The molecule has 26 heavy (non-hydrogen) atoms. The first kappa shape index (κ1) is 16.5. The molecule has 2 N–H and O–H groups in total. The maximum atomic E-state index is 12.0. The molecule has 2 aromatic rings. The van der Waals surface area contributed by atoms with Crippen LogP contribution in [-0.4, -0.2) is 29.5 Å². The third-order valence-electron chi connectivity index (χ3n) is 4.43. The van der Waals surface area contributed by atoms with Gasteiger partial charge in [0.25, 0.3) is 5.91 Å². The largest absolute Gasteiger partial charge is 0.439 e. The van der Waals surface area contributed by atoms with Crippen LogP contribution in [0.1, 0.15) is 24.8 Å². The maximum absolute atomic E-state index is 12.0. The second-order valence-corrected chi connectivity index (χ2v) is 6.35. The van der Waals surface area contributed by atoms with Gasteiger partial charge in [-0.1, -0.05) is 6.07 Å². The number of amides is 2. The van der Waals surface area contributed by atoms with Crippen molar-refractivity contribution in [3.8, 4) is 11.6 Å². The average Bonchev–Trinajstić information content (AvgIpc) is 3.18. The topological polar surface area (TPSA) is 89.5 Å². The minimum atomic E-state index is -0.378. The summed E-state index contributed by atoms with van der Waals surface area (Å²) in [7, 11) is 0. The zero-order valence-corrected chi connectivity index (χ0v) is 14.2. The summed E-state index contributed by atoms with van der Waals surface area (Å²) in [5.41, 5.74) is 2.46. The van der Waals surface area contributed by atoms with Crippen LogP contribution in [0.2, 0.25) is 0 Å². The maximum Gasteiger partial charge on any atom is 0.253 e. The number of fused-ring (bicyclic) bond motifs is 1. The number of nitrogens with one attached hydrogen (secondary N) is 2. The molecule has 7 nitrogen and oxygen atoms in total. The van der Waals surface area contributed by atoms with Gasteiger partial charge in [0.1, 0.15) is 11.9 Å². The number of carbonyl (C=O) groups excluding carboxylic acids is 2. The van der Waals surface area contributed by atoms with Gasteiger partial charge in [-0.05, 0) is 37.0 Å². The number of anilines is 2. The number of aromatic nitrogens is 1. The summed E-state index contributed by atoms with van der Waals surface area (Å²) in [5, 5.41) is 5.64. The molecule has 1 fully saturated rings. The van der Waals surface area contributed by atoms with E-state index in [1.807, 2.05) is 12.1 Å². The minimum Gasteiger partial charge on any atom is -0.439 e. The third kappa shape index (κ3) is 3.67. The molecule has 134 valence electrons. The number of aryl methyl sites for hydroxylation is 1. The molecule has 0 radical (unpaired) electrons. The Hall–Kier alpha value is -2.93. The summed E-state index contributed by atoms with van der Waals surface area (Å²) in [5.74, 6) is 0.860. The highest BCUT2D eigenvalue weighted by Gasteiger charge is 2.23. The van der Waals surface area contributed by atoms with E-state index in [4.69, 9.17) is 9.47 Å². The van der Waals surface area contributed by atoms with Crippen LogP contribution in [0, 0.1) is 0 Å². The number of hydrogen-bond donors (Lipinski definition) is 2. The van der Waals surface area contributed by atoms with Crippen LogP contribution in [0.5, 0.6) is 11.6 Å². The molecule has 0 spiro atoms. The van der Waals surface area contributed by atoms with Crippen molar-refractivity contribution < 1.29 is 19.1 Å². The number of hydrogen-bond acceptors (Lipinski definition) is 5. The number of carbonyl (C=O) groups is 2. The van der Waals surface area contributed by atoms with E-state index >= 15 is 0 Å². The molecule has 2 amide bonds. The fraction of sp³-hybridized carbons (Fsp3) is 0.316. The van der Waals surface area contributed by atoms with Gasteiger partial charge in [0.15, 0.2) is 0 Å². The van der Waals surface area contributed by atoms with Crippen LogP contribution in [0.3, 0.4) is 0 Å². The number of benzene rings is 1. The van der Waals surface area contributed by atoms with Gasteiger partial charge in [-0.15, -0.1) is 0 Å². The van der Waals surface area contributed by atoms with Crippen LogP contribution >= 0.6 is 0 Å². The molecule has 0 saturated carbocycles. The highest BCUT2D eigenvalue weighted by atomic mass is 16.5. The molecule has 0 bridgehead atoms. The SMILES string of the molecule is O=C1CCc2ccc(Oc3ccc(NC(=O)C4CCCO4)cn3)cc2N1. The summed E-state index contributed by atoms with van der Waals surface area (Å²) >= 11 is 0. The van der Waals surface area contributed by atoms with E-state index < -0.39 is 0 Å². The zero-order chi connectivity index (χ0) is 17.9. The van der Waals surface area contributed by atoms with E-state index in [-0.39, 0.29) is 17.9 Å². The molecule has 1 saturated heterocycles. The van der Waals surface area contributed by atoms with Gasteiger partial charge in [-0.2, -0.15) is 0 Å². The van der Waals surface area contributed by atoms with Crippen LogP contribution < -0.4 is 15.4 Å². The Balaban J connectivity index is 1.40. The fourth-order valence-electron chi connectivity index (χ4n) is 3.06. The van der Waals surface area contributed by atoms with Gasteiger partial charge in [-0.25, -0.2) is 4.98 Å². The lowest BCUT2D eigenvalue weighted by Gasteiger charge is -2.17. The molecule has 0 aliphatic carbocycles. The number of rotatable bonds is 4. The lowest BCUT2D eigenvalue weighted by molar-refractivity contribution is -0.124. The number of nitrogens with zero attached hydrogens (tertiary/aromatic N) is 1.